The molecule has 0 aliphatic carbocycles. The van der Waals surface area contributed by atoms with Gasteiger partial charge < -0.3 is 15.0 Å². The molecule has 2 aromatic rings. The van der Waals surface area contributed by atoms with Crippen molar-refractivity contribution in [1.82, 2.24) is 14.5 Å². The Balaban J connectivity index is 2.41. The van der Waals surface area contributed by atoms with Crippen molar-refractivity contribution in [1.29, 1.82) is 0 Å². The second-order valence-electron chi connectivity index (χ2n) is 2.79. The third-order valence-corrected chi connectivity index (χ3v) is 1.84. The van der Waals surface area contributed by atoms with E-state index in [0.717, 1.165) is 5.69 Å². The minimum absolute atomic E-state index is 0.479. The highest BCUT2D eigenvalue weighted by molar-refractivity contribution is 5.38. The highest BCUT2D eigenvalue weighted by Crippen LogP contribution is 2.14. The first kappa shape index (κ1) is 8.55. The molecule has 2 aromatic heterocycles. The zero-order valence-electron chi connectivity index (χ0n) is 7.71. The van der Waals surface area contributed by atoms with Gasteiger partial charge in [-0.05, 0) is 0 Å². The molecule has 0 fully saturated rings. The van der Waals surface area contributed by atoms with Gasteiger partial charge in [-0.3, -0.25) is 4.98 Å². The summed E-state index contributed by atoms with van der Waals surface area (Å²) in [6.45, 7) is 0. The fourth-order valence-corrected chi connectivity index (χ4v) is 1.14. The quantitative estimate of drug-likeness (QED) is 0.762. The number of methoxy groups -OCH3 is 1. The van der Waals surface area contributed by atoms with E-state index < -0.39 is 0 Å². The van der Waals surface area contributed by atoms with Gasteiger partial charge >= 0.3 is 0 Å². The maximum atomic E-state index is 5.50. The largest absolute Gasteiger partial charge is 0.495 e. The molecular weight excluding hydrogens is 180 g/mol. The van der Waals surface area contributed by atoms with Crippen LogP contribution in [0, 0.1) is 0 Å². The predicted molar refractivity (Wildman–Crippen MR) is 52.3 cm³/mol. The normalized spacial score (nSPS) is 10.1. The fourth-order valence-electron chi connectivity index (χ4n) is 1.14. The third kappa shape index (κ3) is 1.52. The molecule has 5 nitrogen and oxygen atoms in total. The fraction of sp³-hybridized carbons (Fsp3) is 0.111. The van der Waals surface area contributed by atoms with Crippen LogP contribution in [-0.4, -0.2) is 21.6 Å². The Bertz CT molecular complexity index is 438. The van der Waals surface area contributed by atoms with Crippen LogP contribution >= 0.6 is 0 Å². The number of rotatable bonds is 2. The standard InChI is InChI=1S/C9H10N4O/c1-14-8-2-7(3-11-4-8)13-5-9(10)12-6-13/h2-6H,10H2,1H3. The number of anilines is 1. The summed E-state index contributed by atoms with van der Waals surface area (Å²) in [7, 11) is 1.60. The van der Waals surface area contributed by atoms with Crippen molar-refractivity contribution in [2.75, 3.05) is 12.8 Å². The molecule has 0 aromatic carbocycles. The van der Waals surface area contributed by atoms with Gasteiger partial charge in [0.2, 0.25) is 0 Å². The first-order chi connectivity index (χ1) is 6.79. The van der Waals surface area contributed by atoms with E-state index in [1.807, 2.05) is 6.07 Å². The summed E-state index contributed by atoms with van der Waals surface area (Å²) in [5, 5.41) is 0. The lowest BCUT2D eigenvalue weighted by Crippen LogP contribution is -1.93. The van der Waals surface area contributed by atoms with Crippen molar-refractivity contribution < 1.29 is 4.74 Å². The van der Waals surface area contributed by atoms with Gasteiger partial charge in [0.1, 0.15) is 17.9 Å². The molecule has 5 heteroatoms. The summed E-state index contributed by atoms with van der Waals surface area (Å²) in [5.41, 5.74) is 6.37. The van der Waals surface area contributed by atoms with E-state index in [2.05, 4.69) is 9.97 Å². The van der Waals surface area contributed by atoms with Crippen LogP contribution in [-0.2, 0) is 0 Å². The number of hydrogen-bond donors (Lipinski definition) is 1. The molecular formula is C9H10N4O. The Morgan fingerprint density at radius 1 is 1.43 bits per heavy atom. The Hall–Kier alpha value is -2.04. The van der Waals surface area contributed by atoms with Gasteiger partial charge in [-0.15, -0.1) is 0 Å². The second kappa shape index (κ2) is 3.37. The van der Waals surface area contributed by atoms with Crippen molar-refractivity contribution in [2.24, 2.45) is 0 Å². The maximum absolute atomic E-state index is 5.50. The van der Waals surface area contributed by atoms with Gasteiger partial charge in [-0.1, -0.05) is 0 Å². The van der Waals surface area contributed by atoms with E-state index in [0.29, 0.717) is 11.6 Å². The van der Waals surface area contributed by atoms with Crippen LogP contribution in [0.4, 0.5) is 5.82 Å². The number of hydrogen-bond acceptors (Lipinski definition) is 4. The smallest absolute Gasteiger partial charge is 0.141 e. The molecule has 0 unspecified atom stereocenters. The van der Waals surface area contributed by atoms with Gasteiger partial charge in [0, 0.05) is 6.07 Å². The Kier molecular flexibility index (Phi) is 2.06. The lowest BCUT2D eigenvalue weighted by atomic mass is 10.4. The maximum Gasteiger partial charge on any atom is 0.141 e. The lowest BCUT2D eigenvalue weighted by Gasteiger charge is -2.03. The summed E-state index contributed by atoms with van der Waals surface area (Å²) in [6.07, 6.45) is 6.70. The molecule has 2 heterocycles. The number of nitrogens with two attached hydrogens (primary N) is 1. The first-order valence-electron chi connectivity index (χ1n) is 4.08. The molecule has 0 atom stereocenters. The van der Waals surface area contributed by atoms with Crippen LogP contribution in [0.3, 0.4) is 0 Å². The van der Waals surface area contributed by atoms with Gasteiger partial charge in [-0.2, -0.15) is 0 Å². The Morgan fingerprint density at radius 2 is 2.29 bits per heavy atom. The van der Waals surface area contributed by atoms with E-state index in [-0.39, 0.29) is 0 Å². The van der Waals surface area contributed by atoms with E-state index in [4.69, 9.17) is 10.5 Å². The molecule has 0 saturated carbocycles. The van der Waals surface area contributed by atoms with Crippen molar-refractivity contribution in [3.63, 3.8) is 0 Å². The SMILES string of the molecule is COc1cncc(-n2cnc(N)c2)c1. The number of pyridine rings is 1. The van der Waals surface area contributed by atoms with Crippen molar-refractivity contribution in [3.8, 4) is 11.4 Å². The number of aromatic nitrogens is 3. The van der Waals surface area contributed by atoms with Crippen molar-refractivity contribution in [2.45, 2.75) is 0 Å². The van der Waals surface area contributed by atoms with Gasteiger partial charge in [0.05, 0.1) is 31.4 Å². The van der Waals surface area contributed by atoms with Crippen LogP contribution in [0.5, 0.6) is 5.75 Å². The number of nitrogens with zero attached hydrogens (tertiary/aromatic N) is 3. The van der Waals surface area contributed by atoms with Crippen molar-refractivity contribution in [3.05, 3.63) is 31.0 Å². The Morgan fingerprint density at radius 3 is 2.93 bits per heavy atom. The summed E-state index contributed by atoms with van der Waals surface area (Å²) < 4.78 is 6.84. The molecule has 0 aliphatic heterocycles. The van der Waals surface area contributed by atoms with E-state index in [1.54, 1.807) is 36.6 Å². The molecule has 0 saturated heterocycles. The van der Waals surface area contributed by atoms with Gasteiger partial charge in [0.25, 0.3) is 0 Å². The number of imidazole rings is 1. The van der Waals surface area contributed by atoms with Crippen LogP contribution in [0.1, 0.15) is 0 Å². The highest BCUT2D eigenvalue weighted by Gasteiger charge is 1.99. The number of ether oxygens (including phenoxy) is 1. The second-order valence-corrected chi connectivity index (χ2v) is 2.79. The average molecular weight is 190 g/mol. The molecule has 0 radical (unpaired) electrons. The topological polar surface area (TPSA) is 66.0 Å². The Labute approximate surface area is 81.2 Å². The molecule has 0 spiro atoms. The van der Waals surface area contributed by atoms with E-state index in [1.165, 1.54) is 0 Å². The molecule has 0 aliphatic rings. The van der Waals surface area contributed by atoms with Crippen LogP contribution in [0.25, 0.3) is 5.69 Å². The predicted octanol–water partition coefficient (Wildman–Crippen LogP) is 0.858. The first-order valence-corrected chi connectivity index (χ1v) is 4.08. The molecule has 72 valence electrons. The highest BCUT2D eigenvalue weighted by atomic mass is 16.5. The molecule has 0 bridgehead atoms. The summed E-state index contributed by atoms with van der Waals surface area (Å²) in [6, 6.07) is 1.86. The minimum Gasteiger partial charge on any atom is -0.495 e. The molecule has 2 N–H and O–H groups in total. The molecule has 0 amide bonds. The van der Waals surface area contributed by atoms with Crippen LogP contribution in [0.2, 0.25) is 0 Å². The van der Waals surface area contributed by atoms with Crippen LogP contribution < -0.4 is 10.5 Å². The number of nitrogen functional groups attached to an aromatic ring is 1. The molecule has 14 heavy (non-hydrogen) atoms. The summed E-state index contributed by atoms with van der Waals surface area (Å²) in [4.78, 5) is 7.95. The monoisotopic (exact) mass is 190 g/mol. The van der Waals surface area contributed by atoms with Crippen LogP contribution in [0.15, 0.2) is 31.0 Å². The zero-order chi connectivity index (χ0) is 9.97. The van der Waals surface area contributed by atoms with E-state index >= 15 is 0 Å². The van der Waals surface area contributed by atoms with Crippen molar-refractivity contribution >= 4 is 5.82 Å². The van der Waals surface area contributed by atoms with E-state index in [9.17, 15) is 0 Å². The van der Waals surface area contributed by atoms with Gasteiger partial charge in [0.15, 0.2) is 0 Å². The van der Waals surface area contributed by atoms with Gasteiger partial charge in [-0.25, -0.2) is 4.98 Å². The third-order valence-electron chi connectivity index (χ3n) is 1.84. The summed E-state index contributed by atoms with van der Waals surface area (Å²) >= 11 is 0. The summed E-state index contributed by atoms with van der Waals surface area (Å²) in [5.74, 6) is 1.18. The average Bonchev–Trinajstić information content (AvgIpc) is 2.65. The zero-order valence-corrected chi connectivity index (χ0v) is 7.71. The molecule has 2 rings (SSSR count). The minimum atomic E-state index is 0.479. The lowest BCUT2D eigenvalue weighted by molar-refractivity contribution is 0.412.